The van der Waals surface area contributed by atoms with Gasteiger partial charge < -0.3 is 5.32 Å². The molecule has 1 rings (SSSR count). The number of hydrogen-bond donors (Lipinski definition) is 0. The second-order valence-electron chi connectivity index (χ2n) is 1.87. The fourth-order valence-corrected chi connectivity index (χ4v) is 0.736. The van der Waals surface area contributed by atoms with E-state index in [1.807, 2.05) is 0 Å². The molecule has 0 saturated carbocycles. The molecule has 0 atom stereocenters. The molecule has 66 valence electrons. The van der Waals surface area contributed by atoms with E-state index < -0.39 is 10.9 Å². The molecule has 1 fully saturated rings. The monoisotopic (exact) mass is 248 g/mol. The molecule has 1 aliphatic rings. The van der Waals surface area contributed by atoms with E-state index in [1.54, 1.807) is 0 Å². The zero-order valence-electron chi connectivity index (χ0n) is 5.45. The summed E-state index contributed by atoms with van der Waals surface area (Å²) in [6, 6.07) is 0. The van der Waals surface area contributed by atoms with Gasteiger partial charge in [-0.3, -0.25) is 0 Å². The van der Waals surface area contributed by atoms with Gasteiger partial charge in [-0.25, -0.2) is 0 Å². The zero-order valence-corrected chi connectivity index (χ0v) is 8.76. The van der Waals surface area contributed by atoms with Crippen LogP contribution in [-0.2, 0) is 10.9 Å². The first kappa shape index (κ1) is 11.3. The SMILES string of the molecule is C1CC[N-]CC1.[Cl][Co]([Cl])[Cl]. The molecule has 0 N–H and O–H groups in total. The van der Waals surface area contributed by atoms with Crippen LogP contribution in [0.5, 0.6) is 0 Å². The van der Waals surface area contributed by atoms with Crippen molar-refractivity contribution in [1.82, 2.24) is 0 Å². The summed E-state index contributed by atoms with van der Waals surface area (Å²) in [5.41, 5.74) is 0. The Morgan fingerprint density at radius 1 is 0.900 bits per heavy atom. The van der Waals surface area contributed by atoms with E-state index in [-0.39, 0.29) is 0 Å². The van der Waals surface area contributed by atoms with Gasteiger partial charge in [-0.1, -0.05) is 19.3 Å². The summed E-state index contributed by atoms with van der Waals surface area (Å²) >= 11 is 0. The standard InChI is InChI=1S/C5H10N.3ClH.Co/c1-2-4-6-5-3-1;;;;/h1-5H2;3*1H;/q-1;;;;+3/p-3. The third-order valence-corrected chi connectivity index (χ3v) is 1.13. The van der Waals surface area contributed by atoms with E-state index in [4.69, 9.17) is 30.4 Å². The normalized spacial score (nSPS) is 18.9. The van der Waals surface area contributed by atoms with Gasteiger partial charge in [0, 0.05) is 0 Å². The van der Waals surface area contributed by atoms with Crippen LogP contribution in [0.3, 0.4) is 0 Å². The Hall–Kier alpha value is 1.34. The minimum absolute atomic E-state index is 1.12. The number of rotatable bonds is 0. The molecular formula is C5H10Cl3CoN-. The van der Waals surface area contributed by atoms with Crippen molar-refractivity contribution in [3.63, 3.8) is 0 Å². The van der Waals surface area contributed by atoms with Gasteiger partial charge >= 0.3 is 41.4 Å². The van der Waals surface area contributed by atoms with Crippen LogP contribution in [0.15, 0.2) is 0 Å². The van der Waals surface area contributed by atoms with Crippen molar-refractivity contribution in [2.45, 2.75) is 19.3 Å². The molecule has 1 heterocycles. The molecule has 0 bridgehead atoms. The molecule has 5 heteroatoms. The maximum absolute atomic E-state index is 4.87. The van der Waals surface area contributed by atoms with Crippen LogP contribution >= 0.6 is 30.4 Å². The molecule has 0 spiro atoms. The van der Waals surface area contributed by atoms with Crippen molar-refractivity contribution < 1.29 is 10.9 Å². The van der Waals surface area contributed by atoms with Crippen LogP contribution in [0.1, 0.15) is 19.3 Å². The van der Waals surface area contributed by atoms with Gasteiger partial charge in [-0.05, 0) is 0 Å². The number of hydrogen-bond acceptors (Lipinski definition) is 0. The van der Waals surface area contributed by atoms with Crippen LogP contribution in [0, 0.1) is 0 Å². The van der Waals surface area contributed by atoms with Crippen molar-refractivity contribution >= 4 is 30.4 Å². The molecule has 0 aliphatic carbocycles. The van der Waals surface area contributed by atoms with Gasteiger partial charge in [0.15, 0.2) is 0 Å². The second-order valence-corrected chi connectivity index (χ2v) is 7.03. The molecule has 1 nitrogen and oxygen atoms in total. The van der Waals surface area contributed by atoms with Crippen molar-refractivity contribution in [2.75, 3.05) is 13.1 Å². The van der Waals surface area contributed by atoms with Crippen molar-refractivity contribution in [3.8, 4) is 0 Å². The summed E-state index contributed by atoms with van der Waals surface area (Å²) in [4.78, 5) is 0. The quantitative estimate of drug-likeness (QED) is 0.623. The van der Waals surface area contributed by atoms with Gasteiger partial charge in [0.25, 0.3) is 0 Å². The average molecular weight is 249 g/mol. The molecule has 10 heavy (non-hydrogen) atoms. The second kappa shape index (κ2) is 8.43. The first-order valence-corrected chi connectivity index (χ1v) is 7.31. The predicted molar refractivity (Wildman–Crippen MR) is 44.5 cm³/mol. The molecule has 0 aromatic rings. The number of nitrogens with zero attached hydrogens (tertiary/aromatic N) is 1. The molecule has 0 unspecified atom stereocenters. The van der Waals surface area contributed by atoms with Crippen LogP contribution in [0.4, 0.5) is 0 Å². The topological polar surface area (TPSA) is 14.1 Å². The van der Waals surface area contributed by atoms with E-state index in [0.717, 1.165) is 13.1 Å². The number of halogens is 3. The Labute approximate surface area is 78.9 Å². The third-order valence-electron chi connectivity index (χ3n) is 1.13. The maximum atomic E-state index is 4.87. The first-order valence-electron chi connectivity index (χ1n) is 3.01. The van der Waals surface area contributed by atoms with Crippen molar-refractivity contribution in [3.05, 3.63) is 5.32 Å². The summed E-state index contributed by atoms with van der Waals surface area (Å²) in [6.07, 6.45) is 4.07. The summed E-state index contributed by atoms with van der Waals surface area (Å²) in [5.74, 6) is 0. The summed E-state index contributed by atoms with van der Waals surface area (Å²) in [5, 5.41) is 4.18. The van der Waals surface area contributed by atoms with E-state index in [0.29, 0.717) is 0 Å². The molecule has 0 amide bonds. The Balaban J connectivity index is 0.000000180. The molecule has 1 aliphatic heterocycles. The predicted octanol–water partition coefficient (Wildman–Crippen LogP) is 3.61. The Morgan fingerprint density at radius 3 is 1.40 bits per heavy atom. The molecule has 0 radical (unpaired) electrons. The van der Waals surface area contributed by atoms with Gasteiger partial charge in [-0.15, -0.1) is 13.1 Å². The molecule has 0 aromatic heterocycles. The molecule has 1 saturated heterocycles. The van der Waals surface area contributed by atoms with Crippen LogP contribution in [0.2, 0.25) is 0 Å². The number of piperidine rings is 1. The molecular weight excluding hydrogens is 239 g/mol. The first-order chi connectivity index (χ1) is 4.73. The molecule has 0 aromatic carbocycles. The van der Waals surface area contributed by atoms with Crippen LogP contribution in [-0.4, -0.2) is 13.1 Å². The van der Waals surface area contributed by atoms with Gasteiger partial charge in [0.1, 0.15) is 0 Å². The Kier molecular flexibility index (Phi) is 9.56. The summed E-state index contributed by atoms with van der Waals surface area (Å²) < 4.78 is 0. The van der Waals surface area contributed by atoms with E-state index >= 15 is 0 Å². The summed E-state index contributed by atoms with van der Waals surface area (Å²) in [7, 11) is 13.4. The summed E-state index contributed by atoms with van der Waals surface area (Å²) in [6.45, 7) is 2.25. The fourth-order valence-electron chi connectivity index (χ4n) is 0.736. The Bertz CT molecular complexity index is 53.6. The van der Waals surface area contributed by atoms with E-state index in [2.05, 4.69) is 5.32 Å². The van der Waals surface area contributed by atoms with Gasteiger partial charge in [0.05, 0.1) is 0 Å². The van der Waals surface area contributed by atoms with Crippen molar-refractivity contribution in [1.29, 1.82) is 0 Å². The fraction of sp³-hybridized carbons (Fsp3) is 1.00. The van der Waals surface area contributed by atoms with Crippen LogP contribution < -0.4 is 0 Å². The van der Waals surface area contributed by atoms with Crippen LogP contribution in [0.25, 0.3) is 5.32 Å². The Morgan fingerprint density at radius 2 is 1.30 bits per heavy atom. The minimum atomic E-state index is -1.19. The zero-order chi connectivity index (χ0) is 7.82. The third kappa shape index (κ3) is 12.1. The van der Waals surface area contributed by atoms with E-state index in [1.165, 1.54) is 19.3 Å². The van der Waals surface area contributed by atoms with Crippen molar-refractivity contribution in [2.24, 2.45) is 0 Å². The van der Waals surface area contributed by atoms with Gasteiger partial charge in [0.2, 0.25) is 0 Å². The average Bonchev–Trinajstić information content (AvgIpc) is 1.90. The van der Waals surface area contributed by atoms with Gasteiger partial charge in [-0.2, -0.15) is 0 Å². The van der Waals surface area contributed by atoms with E-state index in [9.17, 15) is 0 Å².